The first-order chi connectivity index (χ1) is 10.0. The summed E-state index contributed by atoms with van der Waals surface area (Å²) in [5.74, 6) is -0.0632. The SMILES string of the molecule is COc1ccc(C(=O)N[C@@H](C)c2cccc(F)c2)c(N)c1. The molecule has 0 aliphatic carbocycles. The predicted octanol–water partition coefficient (Wildman–Crippen LogP) is 2.91. The van der Waals surface area contributed by atoms with E-state index in [0.717, 1.165) is 0 Å². The Morgan fingerprint density at radius 3 is 2.67 bits per heavy atom. The van der Waals surface area contributed by atoms with E-state index in [-0.39, 0.29) is 17.8 Å². The van der Waals surface area contributed by atoms with Gasteiger partial charge in [0.25, 0.3) is 5.91 Å². The number of halogens is 1. The van der Waals surface area contributed by atoms with Gasteiger partial charge in [-0.2, -0.15) is 0 Å². The first-order valence-corrected chi connectivity index (χ1v) is 6.51. The second-order valence-corrected chi connectivity index (χ2v) is 4.70. The van der Waals surface area contributed by atoms with Crippen LogP contribution in [0.4, 0.5) is 10.1 Å². The highest BCUT2D eigenvalue weighted by molar-refractivity contribution is 5.99. The summed E-state index contributed by atoms with van der Waals surface area (Å²) in [4.78, 5) is 12.2. The van der Waals surface area contributed by atoms with E-state index in [0.29, 0.717) is 22.6 Å². The Kier molecular flexibility index (Phi) is 4.42. The Morgan fingerprint density at radius 1 is 1.29 bits per heavy atom. The van der Waals surface area contributed by atoms with Gasteiger partial charge in [-0.05, 0) is 36.8 Å². The third kappa shape index (κ3) is 3.51. The number of nitrogens with one attached hydrogen (secondary N) is 1. The lowest BCUT2D eigenvalue weighted by Crippen LogP contribution is -2.27. The maximum atomic E-state index is 13.2. The number of carbonyl (C=O) groups is 1. The van der Waals surface area contributed by atoms with Crippen LogP contribution in [-0.4, -0.2) is 13.0 Å². The zero-order valence-electron chi connectivity index (χ0n) is 11.9. The molecule has 2 aromatic rings. The number of ether oxygens (including phenoxy) is 1. The van der Waals surface area contributed by atoms with Crippen molar-refractivity contribution in [1.29, 1.82) is 0 Å². The number of hydrogen-bond donors (Lipinski definition) is 2. The smallest absolute Gasteiger partial charge is 0.253 e. The number of nitrogens with two attached hydrogens (primary N) is 1. The third-order valence-corrected chi connectivity index (χ3v) is 3.20. The van der Waals surface area contributed by atoms with E-state index in [2.05, 4.69) is 5.32 Å². The zero-order chi connectivity index (χ0) is 15.4. The largest absolute Gasteiger partial charge is 0.497 e. The molecular formula is C16H17FN2O2. The molecule has 110 valence electrons. The number of carbonyl (C=O) groups excluding carboxylic acids is 1. The summed E-state index contributed by atoms with van der Waals surface area (Å²) in [7, 11) is 1.53. The lowest BCUT2D eigenvalue weighted by Gasteiger charge is -2.15. The Morgan fingerprint density at radius 2 is 2.05 bits per heavy atom. The van der Waals surface area contributed by atoms with Crippen molar-refractivity contribution >= 4 is 11.6 Å². The summed E-state index contributed by atoms with van der Waals surface area (Å²) in [5.41, 5.74) is 7.22. The fourth-order valence-corrected chi connectivity index (χ4v) is 2.01. The van der Waals surface area contributed by atoms with Gasteiger partial charge in [0.2, 0.25) is 0 Å². The molecule has 3 N–H and O–H groups in total. The molecule has 5 heteroatoms. The molecule has 0 bridgehead atoms. The van der Waals surface area contributed by atoms with Crippen molar-refractivity contribution in [3.8, 4) is 5.75 Å². The van der Waals surface area contributed by atoms with Crippen LogP contribution in [-0.2, 0) is 0 Å². The number of amides is 1. The van der Waals surface area contributed by atoms with Gasteiger partial charge in [-0.1, -0.05) is 12.1 Å². The minimum Gasteiger partial charge on any atom is -0.497 e. The molecule has 0 aliphatic rings. The van der Waals surface area contributed by atoms with Crippen molar-refractivity contribution < 1.29 is 13.9 Å². The van der Waals surface area contributed by atoms with Gasteiger partial charge in [-0.15, -0.1) is 0 Å². The molecule has 0 radical (unpaired) electrons. The molecule has 0 saturated carbocycles. The molecule has 0 saturated heterocycles. The summed E-state index contributed by atoms with van der Waals surface area (Å²) >= 11 is 0. The molecule has 0 aliphatic heterocycles. The molecular weight excluding hydrogens is 271 g/mol. The van der Waals surface area contributed by atoms with E-state index in [1.54, 1.807) is 37.3 Å². The topological polar surface area (TPSA) is 64.3 Å². The van der Waals surface area contributed by atoms with Crippen molar-refractivity contribution in [1.82, 2.24) is 5.32 Å². The van der Waals surface area contributed by atoms with Crippen LogP contribution in [0.2, 0.25) is 0 Å². The molecule has 1 amide bonds. The van der Waals surface area contributed by atoms with Gasteiger partial charge in [-0.25, -0.2) is 4.39 Å². The Hall–Kier alpha value is -2.56. The van der Waals surface area contributed by atoms with Crippen LogP contribution in [0.3, 0.4) is 0 Å². The normalized spacial score (nSPS) is 11.8. The highest BCUT2D eigenvalue weighted by atomic mass is 19.1. The fourth-order valence-electron chi connectivity index (χ4n) is 2.01. The van der Waals surface area contributed by atoms with E-state index in [4.69, 9.17) is 10.5 Å². The molecule has 1 atom stereocenters. The van der Waals surface area contributed by atoms with Crippen LogP contribution in [0.15, 0.2) is 42.5 Å². The van der Waals surface area contributed by atoms with Crippen LogP contribution in [0.25, 0.3) is 0 Å². The standard InChI is InChI=1S/C16H17FN2O2/c1-10(11-4-3-5-12(17)8-11)19-16(20)14-7-6-13(21-2)9-15(14)18/h3-10H,18H2,1-2H3,(H,19,20)/t10-/m0/s1. The van der Waals surface area contributed by atoms with Crippen molar-refractivity contribution in [3.63, 3.8) is 0 Å². The first-order valence-electron chi connectivity index (χ1n) is 6.51. The van der Waals surface area contributed by atoms with Crippen LogP contribution >= 0.6 is 0 Å². The van der Waals surface area contributed by atoms with E-state index in [1.165, 1.54) is 19.2 Å². The summed E-state index contributed by atoms with van der Waals surface area (Å²) in [6, 6.07) is 10.6. The van der Waals surface area contributed by atoms with Crippen LogP contribution < -0.4 is 15.8 Å². The quantitative estimate of drug-likeness (QED) is 0.850. The fraction of sp³-hybridized carbons (Fsp3) is 0.188. The van der Waals surface area contributed by atoms with Gasteiger partial charge in [0.1, 0.15) is 11.6 Å². The van der Waals surface area contributed by atoms with Gasteiger partial charge in [-0.3, -0.25) is 4.79 Å². The van der Waals surface area contributed by atoms with Gasteiger partial charge < -0.3 is 15.8 Å². The van der Waals surface area contributed by atoms with Crippen LogP contribution in [0.5, 0.6) is 5.75 Å². The highest BCUT2D eigenvalue weighted by Crippen LogP contribution is 2.21. The molecule has 2 aromatic carbocycles. The van der Waals surface area contributed by atoms with Crippen molar-refractivity contribution in [2.75, 3.05) is 12.8 Å². The lowest BCUT2D eigenvalue weighted by molar-refractivity contribution is 0.0940. The molecule has 0 unspecified atom stereocenters. The second-order valence-electron chi connectivity index (χ2n) is 4.70. The average Bonchev–Trinajstić information content (AvgIpc) is 2.46. The van der Waals surface area contributed by atoms with Crippen molar-refractivity contribution in [3.05, 3.63) is 59.4 Å². The molecule has 0 heterocycles. The number of hydrogen-bond acceptors (Lipinski definition) is 3. The van der Waals surface area contributed by atoms with Gasteiger partial charge in [0.05, 0.1) is 18.7 Å². The summed E-state index contributed by atoms with van der Waals surface area (Å²) in [5, 5.41) is 2.79. The molecule has 2 rings (SSSR count). The van der Waals surface area contributed by atoms with Crippen LogP contribution in [0.1, 0.15) is 28.9 Å². The number of benzene rings is 2. The Labute approximate surface area is 122 Å². The van der Waals surface area contributed by atoms with E-state index >= 15 is 0 Å². The van der Waals surface area contributed by atoms with Gasteiger partial charge in [0.15, 0.2) is 0 Å². The van der Waals surface area contributed by atoms with Crippen molar-refractivity contribution in [2.24, 2.45) is 0 Å². The minimum absolute atomic E-state index is 0.313. The molecule has 0 aromatic heterocycles. The predicted molar refractivity (Wildman–Crippen MR) is 79.7 cm³/mol. The summed E-state index contributed by atoms with van der Waals surface area (Å²) < 4.78 is 18.2. The van der Waals surface area contributed by atoms with Gasteiger partial charge >= 0.3 is 0 Å². The van der Waals surface area contributed by atoms with E-state index < -0.39 is 0 Å². The van der Waals surface area contributed by atoms with E-state index in [9.17, 15) is 9.18 Å². The maximum Gasteiger partial charge on any atom is 0.253 e. The van der Waals surface area contributed by atoms with Crippen molar-refractivity contribution in [2.45, 2.75) is 13.0 Å². The lowest BCUT2D eigenvalue weighted by atomic mass is 10.1. The highest BCUT2D eigenvalue weighted by Gasteiger charge is 2.14. The summed E-state index contributed by atoms with van der Waals surface area (Å²) in [6.45, 7) is 1.78. The number of rotatable bonds is 4. The third-order valence-electron chi connectivity index (χ3n) is 3.20. The second kappa shape index (κ2) is 6.26. The zero-order valence-corrected chi connectivity index (χ0v) is 11.9. The minimum atomic E-state index is -0.336. The van der Waals surface area contributed by atoms with E-state index in [1.807, 2.05) is 0 Å². The molecule has 21 heavy (non-hydrogen) atoms. The number of methoxy groups -OCH3 is 1. The van der Waals surface area contributed by atoms with Crippen LogP contribution in [0, 0.1) is 5.82 Å². The average molecular weight is 288 g/mol. The van der Waals surface area contributed by atoms with Gasteiger partial charge in [0, 0.05) is 11.8 Å². The summed E-state index contributed by atoms with van der Waals surface area (Å²) in [6.07, 6.45) is 0. The molecule has 0 spiro atoms. The number of anilines is 1. The molecule has 0 fully saturated rings. The molecule has 4 nitrogen and oxygen atoms in total. The Bertz CT molecular complexity index is 658. The number of nitrogen functional groups attached to an aromatic ring is 1. The maximum absolute atomic E-state index is 13.2. The monoisotopic (exact) mass is 288 g/mol. The first kappa shape index (κ1) is 14.8. The Balaban J connectivity index is 2.14.